The van der Waals surface area contributed by atoms with Crippen LogP contribution < -0.4 is 14.8 Å². The Morgan fingerprint density at radius 1 is 1.13 bits per heavy atom. The third-order valence-corrected chi connectivity index (χ3v) is 5.28. The normalized spacial score (nSPS) is 10.4. The fourth-order valence-corrected chi connectivity index (χ4v) is 3.33. The number of nitrogens with one attached hydrogen (secondary N) is 2. The Kier molecular flexibility index (Phi) is 7.20. The SMILES string of the molecule is C=C(F)C(=O)Nc1ccc(Oc2ncc(C)cc2NSc2ccc(Cl)c(Cl)c2)cc1. The molecule has 2 aromatic carbocycles. The van der Waals surface area contributed by atoms with Gasteiger partial charge in [-0.25, -0.2) is 9.37 Å². The predicted octanol–water partition coefficient (Wildman–Crippen LogP) is 7.03. The van der Waals surface area contributed by atoms with E-state index in [0.29, 0.717) is 33.0 Å². The molecular weight excluding hydrogens is 448 g/mol. The fourth-order valence-electron chi connectivity index (χ4n) is 2.28. The molecule has 0 fully saturated rings. The maximum atomic E-state index is 12.8. The second-order valence-corrected chi connectivity index (χ2v) is 7.82. The lowest BCUT2D eigenvalue weighted by Gasteiger charge is -2.13. The first-order chi connectivity index (χ1) is 14.3. The van der Waals surface area contributed by atoms with Crippen molar-refractivity contribution in [3.05, 3.63) is 82.7 Å². The van der Waals surface area contributed by atoms with E-state index in [0.717, 1.165) is 10.5 Å². The Morgan fingerprint density at radius 2 is 1.87 bits per heavy atom. The molecule has 1 amide bonds. The average molecular weight is 464 g/mol. The fraction of sp³-hybridized carbons (Fsp3) is 0.0476. The molecular formula is C21H16Cl2FN3O2S. The molecule has 0 aliphatic rings. The number of hydrogen-bond donors (Lipinski definition) is 2. The number of ether oxygens (including phenoxy) is 1. The van der Waals surface area contributed by atoms with Crippen LogP contribution in [0.4, 0.5) is 15.8 Å². The van der Waals surface area contributed by atoms with Crippen LogP contribution in [0.25, 0.3) is 0 Å². The van der Waals surface area contributed by atoms with Gasteiger partial charge >= 0.3 is 0 Å². The smallest absolute Gasteiger partial charge is 0.283 e. The summed E-state index contributed by atoms with van der Waals surface area (Å²) in [6, 6.07) is 13.7. The molecule has 0 aliphatic carbocycles. The van der Waals surface area contributed by atoms with Crippen LogP contribution in [0.3, 0.4) is 0 Å². The summed E-state index contributed by atoms with van der Waals surface area (Å²) in [6.45, 7) is 4.87. The highest BCUT2D eigenvalue weighted by atomic mass is 35.5. The first-order valence-electron chi connectivity index (χ1n) is 8.60. The average Bonchev–Trinajstić information content (AvgIpc) is 2.72. The van der Waals surface area contributed by atoms with Crippen LogP contribution in [0.1, 0.15) is 5.56 Å². The Morgan fingerprint density at radius 3 is 2.53 bits per heavy atom. The predicted molar refractivity (Wildman–Crippen MR) is 120 cm³/mol. The maximum absolute atomic E-state index is 12.8. The Hall–Kier alpha value is -2.74. The summed E-state index contributed by atoms with van der Waals surface area (Å²) in [4.78, 5) is 16.5. The van der Waals surface area contributed by atoms with Crippen molar-refractivity contribution in [1.29, 1.82) is 0 Å². The minimum atomic E-state index is -1.06. The van der Waals surface area contributed by atoms with E-state index in [1.807, 2.05) is 19.1 Å². The van der Waals surface area contributed by atoms with E-state index < -0.39 is 11.7 Å². The molecule has 154 valence electrons. The molecule has 1 heterocycles. The van der Waals surface area contributed by atoms with E-state index in [1.165, 1.54) is 11.9 Å². The van der Waals surface area contributed by atoms with Crippen molar-refractivity contribution >= 4 is 52.4 Å². The van der Waals surface area contributed by atoms with Gasteiger partial charge in [0.1, 0.15) is 11.4 Å². The van der Waals surface area contributed by atoms with Crippen molar-refractivity contribution in [3.63, 3.8) is 0 Å². The van der Waals surface area contributed by atoms with Gasteiger partial charge in [-0.2, -0.15) is 0 Å². The number of rotatable bonds is 7. The van der Waals surface area contributed by atoms with E-state index in [-0.39, 0.29) is 0 Å². The van der Waals surface area contributed by atoms with Gasteiger partial charge in [0, 0.05) is 16.8 Å². The lowest BCUT2D eigenvalue weighted by molar-refractivity contribution is -0.114. The zero-order valence-corrected chi connectivity index (χ0v) is 18.0. The topological polar surface area (TPSA) is 63.2 Å². The number of anilines is 2. The van der Waals surface area contributed by atoms with Crippen LogP contribution in [-0.4, -0.2) is 10.9 Å². The van der Waals surface area contributed by atoms with Crippen LogP contribution in [0.5, 0.6) is 11.6 Å². The first kappa shape index (κ1) is 22.0. The van der Waals surface area contributed by atoms with Gasteiger partial charge in [-0.05, 0) is 73.0 Å². The molecule has 0 aliphatic heterocycles. The van der Waals surface area contributed by atoms with Gasteiger partial charge in [-0.3, -0.25) is 4.79 Å². The van der Waals surface area contributed by atoms with Crippen molar-refractivity contribution < 1.29 is 13.9 Å². The Balaban J connectivity index is 1.72. The molecule has 0 radical (unpaired) electrons. The van der Waals surface area contributed by atoms with E-state index in [1.54, 1.807) is 42.6 Å². The quantitative estimate of drug-likeness (QED) is 0.290. The molecule has 0 saturated heterocycles. The zero-order chi connectivity index (χ0) is 21.7. The zero-order valence-electron chi connectivity index (χ0n) is 15.7. The number of carbonyl (C=O) groups excluding carboxylic acids is 1. The molecule has 0 unspecified atom stereocenters. The van der Waals surface area contributed by atoms with Gasteiger partial charge in [0.15, 0.2) is 5.83 Å². The number of halogens is 3. The molecule has 0 saturated carbocycles. The summed E-state index contributed by atoms with van der Waals surface area (Å²) in [5.41, 5.74) is 2.03. The summed E-state index contributed by atoms with van der Waals surface area (Å²) in [5, 5.41) is 3.33. The van der Waals surface area contributed by atoms with E-state index >= 15 is 0 Å². The van der Waals surface area contributed by atoms with Gasteiger partial charge in [0.25, 0.3) is 5.91 Å². The highest BCUT2D eigenvalue weighted by molar-refractivity contribution is 8.00. The van der Waals surface area contributed by atoms with Gasteiger partial charge < -0.3 is 14.8 Å². The Bertz CT molecular complexity index is 1090. The number of nitrogens with zero attached hydrogens (tertiary/aromatic N) is 1. The molecule has 3 rings (SSSR count). The lowest BCUT2D eigenvalue weighted by Crippen LogP contribution is -2.10. The minimum Gasteiger partial charge on any atom is -0.437 e. The van der Waals surface area contributed by atoms with Crippen LogP contribution in [0, 0.1) is 6.92 Å². The van der Waals surface area contributed by atoms with E-state index in [2.05, 4.69) is 21.6 Å². The molecule has 2 N–H and O–H groups in total. The van der Waals surface area contributed by atoms with Crippen LogP contribution in [0.15, 0.2) is 72.0 Å². The van der Waals surface area contributed by atoms with Crippen LogP contribution in [-0.2, 0) is 4.79 Å². The highest BCUT2D eigenvalue weighted by Gasteiger charge is 2.10. The number of aromatic nitrogens is 1. The summed E-state index contributed by atoms with van der Waals surface area (Å²) in [7, 11) is 0. The maximum Gasteiger partial charge on any atom is 0.283 e. The summed E-state index contributed by atoms with van der Waals surface area (Å²) < 4.78 is 21.9. The molecule has 30 heavy (non-hydrogen) atoms. The van der Waals surface area contributed by atoms with Crippen molar-refractivity contribution in [2.75, 3.05) is 10.0 Å². The number of hydrogen-bond acceptors (Lipinski definition) is 5. The Labute approximate surface area is 187 Å². The number of aryl methyl sites for hydroxylation is 1. The van der Waals surface area contributed by atoms with Crippen molar-refractivity contribution in [3.8, 4) is 11.6 Å². The van der Waals surface area contributed by atoms with Crippen molar-refractivity contribution in [1.82, 2.24) is 4.98 Å². The highest BCUT2D eigenvalue weighted by Crippen LogP contribution is 2.33. The third kappa shape index (κ3) is 5.89. The number of carbonyl (C=O) groups is 1. The lowest BCUT2D eigenvalue weighted by atomic mass is 10.3. The molecule has 1 aromatic heterocycles. The third-order valence-electron chi connectivity index (χ3n) is 3.73. The summed E-state index contributed by atoms with van der Waals surface area (Å²) in [6.07, 6.45) is 1.69. The summed E-state index contributed by atoms with van der Waals surface area (Å²) >= 11 is 13.3. The van der Waals surface area contributed by atoms with E-state index in [4.69, 9.17) is 27.9 Å². The minimum absolute atomic E-state index is 0.363. The van der Waals surface area contributed by atoms with Crippen molar-refractivity contribution in [2.24, 2.45) is 0 Å². The molecule has 9 heteroatoms. The van der Waals surface area contributed by atoms with Crippen molar-refractivity contribution in [2.45, 2.75) is 11.8 Å². The largest absolute Gasteiger partial charge is 0.437 e. The molecule has 5 nitrogen and oxygen atoms in total. The van der Waals surface area contributed by atoms with Gasteiger partial charge in [-0.1, -0.05) is 29.8 Å². The van der Waals surface area contributed by atoms with Gasteiger partial charge in [-0.15, -0.1) is 0 Å². The summed E-state index contributed by atoms with van der Waals surface area (Å²) in [5.74, 6) is -1.10. The molecule has 3 aromatic rings. The number of amides is 1. The van der Waals surface area contributed by atoms with Crippen LogP contribution in [0.2, 0.25) is 10.0 Å². The molecule has 0 spiro atoms. The second-order valence-electron chi connectivity index (χ2n) is 6.13. The monoisotopic (exact) mass is 463 g/mol. The standard InChI is InChI=1S/C21H16Cl2FN3O2S/c1-12-9-19(27-30-16-7-8-17(22)18(23)10-16)21(25-11-12)29-15-5-3-14(4-6-15)26-20(28)13(2)24/h3-11,27H,2H2,1H3,(H,26,28). The molecule has 0 bridgehead atoms. The van der Waals surface area contributed by atoms with Gasteiger partial charge in [0.05, 0.1) is 10.0 Å². The molecule has 0 atom stereocenters. The van der Waals surface area contributed by atoms with Gasteiger partial charge in [0.2, 0.25) is 5.88 Å². The van der Waals surface area contributed by atoms with E-state index in [9.17, 15) is 9.18 Å². The first-order valence-corrected chi connectivity index (χ1v) is 10.2. The van der Waals surface area contributed by atoms with Crippen LogP contribution >= 0.6 is 35.1 Å². The number of benzene rings is 2. The number of pyridine rings is 1. The second kappa shape index (κ2) is 9.84.